The summed E-state index contributed by atoms with van der Waals surface area (Å²) in [6.45, 7) is 3.35. The number of benzene rings is 2. The van der Waals surface area contributed by atoms with E-state index < -0.39 is 5.97 Å². The van der Waals surface area contributed by atoms with Gasteiger partial charge in [0.05, 0.1) is 0 Å². The van der Waals surface area contributed by atoms with Crippen LogP contribution in [-0.2, 0) is 4.79 Å². The van der Waals surface area contributed by atoms with Gasteiger partial charge < -0.3 is 4.74 Å². The lowest BCUT2D eigenvalue weighted by Gasteiger charge is -2.09. The molecule has 0 aliphatic heterocycles. The minimum atomic E-state index is -0.503. The molecule has 0 amide bonds. The van der Waals surface area contributed by atoms with Crippen LogP contribution in [0.25, 0.3) is 5.57 Å². The Labute approximate surface area is 133 Å². The molecule has 0 fully saturated rings. The largest absolute Gasteiger partial charge is 0.423 e. The van der Waals surface area contributed by atoms with Gasteiger partial charge in [-0.3, -0.25) is 0 Å². The van der Waals surface area contributed by atoms with E-state index in [-0.39, 0.29) is 4.49 Å². The topological polar surface area (TPSA) is 26.3 Å². The molecule has 4 heteroatoms. The van der Waals surface area contributed by atoms with E-state index in [4.69, 9.17) is 27.9 Å². The second kappa shape index (κ2) is 7.11. The van der Waals surface area contributed by atoms with E-state index in [0.29, 0.717) is 5.75 Å². The SMILES string of the molecule is C=CC(=O)Oc1ccc(C(=C(Cl)Cl)c2ccccc2)cc1. The molecular weight excluding hydrogens is 307 g/mol. The average Bonchev–Trinajstić information content (AvgIpc) is 2.50. The van der Waals surface area contributed by atoms with Crippen LogP contribution in [0, 0.1) is 0 Å². The molecule has 106 valence electrons. The summed E-state index contributed by atoms with van der Waals surface area (Å²) < 4.78 is 5.20. The van der Waals surface area contributed by atoms with Crippen molar-refractivity contribution in [2.24, 2.45) is 0 Å². The molecule has 0 radical (unpaired) electrons. The van der Waals surface area contributed by atoms with Crippen LogP contribution < -0.4 is 4.74 Å². The van der Waals surface area contributed by atoms with Crippen molar-refractivity contribution >= 4 is 34.7 Å². The molecule has 0 aliphatic rings. The fraction of sp³-hybridized carbons (Fsp3) is 0. The number of halogens is 2. The Hall–Kier alpha value is -2.03. The number of esters is 1. The minimum absolute atomic E-state index is 0.178. The smallest absolute Gasteiger partial charge is 0.335 e. The summed E-state index contributed by atoms with van der Waals surface area (Å²) >= 11 is 12.0. The van der Waals surface area contributed by atoms with Crippen LogP contribution in [0.4, 0.5) is 0 Å². The van der Waals surface area contributed by atoms with Gasteiger partial charge in [-0.05, 0) is 23.3 Å². The van der Waals surface area contributed by atoms with Crippen molar-refractivity contribution in [1.82, 2.24) is 0 Å². The van der Waals surface area contributed by atoms with Crippen molar-refractivity contribution in [3.63, 3.8) is 0 Å². The van der Waals surface area contributed by atoms with Crippen LogP contribution in [0.15, 0.2) is 71.7 Å². The number of carbonyl (C=O) groups is 1. The Bertz CT molecular complexity index is 670. The first-order valence-corrected chi connectivity index (χ1v) is 6.93. The molecular formula is C17H12Cl2O2. The summed E-state index contributed by atoms with van der Waals surface area (Å²) in [5.74, 6) is -0.0706. The summed E-state index contributed by atoms with van der Waals surface area (Å²) in [4.78, 5) is 11.1. The average molecular weight is 319 g/mol. The van der Waals surface area contributed by atoms with Crippen molar-refractivity contribution in [3.05, 3.63) is 82.9 Å². The second-order valence-electron chi connectivity index (χ2n) is 4.15. The molecule has 2 aromatic rings. The Morgan fingerprint density at radius 1 is 0.952 bits per heavy atom. The van der Waals surface area contributed by atoms with Gasteiger partial charge in [-0.1, -0.05) is 72.2 Å². The van der Waals surface area contributed by atoms with Gasteiger partial charge in [0, 0.05) is 11.6 Å². The number of ether oxygens (including phenoxy) is 1. The first-order valence-electron chi connectivity index (χ1n) is 6.17. The predicted molar refractivity (Wildman–Crippen MR) is 86.4 cm³/mol. The van der Waals surface area contributed by atoms with E-state index in [1.807, 2.05) is 30.3 Å². The van der Waals surface area contributed by atoms with Crippen LogP contribution in [-0.4, -0.2) is 5.97 Å². The van der Waals surface area contributed by atoms with E-state index in [0.717, 1.165) is 22.8 Å². The third-order valence-electron chi connectivity index (χ3n) is 2.78. The lowest BCUT2D eigenvalue weighted by molar-refractivity contribution is -0.128. The third-order valence-corrected chi connectivity index (χ3v) is 3.16. The normalized spacial score (nSPS) is 9.81. The maximum atomic E-state index is 11.1. The van der Waals surface area contributed by atoms with Crippen molar-refractivity contribution in [2.75, 3.05) is 0 Å². The van der Waals surface area contributed by atoms with E-state index in [1.165, 1.54) is 0 Å². The Morgan fingerprint density at radius 3 is 2.05 bits per heavy atom. The Balaban J connectivity index is 2.34. The molecule has 0 aromatic heterocycles. The Kier molecular flexibility index (Phi) is 5.20. The molecule has 0 aliphatic carbocycles. The molecule has 0 N–H and O–H groups in total. The molecule has 0 unspecified atom stereocenters. The zero-order valence-electron chi connectivity index (χ0n) is 11.1. The van der Waals surface area contributed by atoms with Gasteiger partial charge in [0.25, 0.3) is 0 Å². The van der Waals surface area contributed by atoms with Gasteiger partial charge in [0.15, 0.2) is 0 Å². The van der Waals surface area contributed by atoms with Crippen molar-refractivity contribution < 1.29 is 9.53 Å². The molecule has 0 saturated carbocycles. The zero-order chi connectivity index (χ0) is 15.2. The van der Waals surface area contributed by atoms with Gasteiger partial charge in [-0.25, -0.2) is 4.79 Å². The summed E-state index contributed by atoms with van der Waals surface area (Å²) in [5.41, 5.74) is 2.47. The van der Waals surface area contributed by atoms with Crippen molar-refractivity contribution in [3.8, 4) is 5.75 Å². The lowest BCUT2D eigenvalue weighted by Crippen LogP contribution is -2.02. The van der Waals surface area contributed by atoms with Gasteiger partial charge in [0.2, 0.25) is 0 Å². The molecule has 21 heavy (non-hydrogen) atoms. The second-order valence-corrected chi connectivity index (χ2v) is 5.10. The van der Waals surface area contributed by atoms with E-state index in [9.17, 15) is 4.79 Å². The van der Waals surface area contributed by atoms with E-state index in [1.54, 1.807) is 24.3 Å². The van der Waals surface area contributed by atoms with Crippen molar-refractivity contribution in [2.45, 2.75) is 0 Å². The maximum Gasteiger partial charge on any atom is 0.335 e. The summed E-state index contributed by atoms with van der Waals surface area (Å²) in [6.07, 6.45) is 1.11. The first-order chi connectivity index (χ1) is 10.1. The van der Waals surface area contributed by atoms with Crippen molar-refractivity contribution in [1.29, 1.82) is 0 Å². The van der Waals surface area contributed by atoms with E-state index in [2.05, 4.69) is 6.58 Å². The minimum Gasteiger partial charge on any atom is -0.423 e. The molecule has 0 saturated heterocycles. The van der Waals surface area contributed by atoms with Gasteiger partial charge in [-0.15, -0.1) is 0 Å². The number of rotatable bonds is 4. The third kappa shape index (κ3) is 3.97. The molecule has 0 heterocycles. The van der Waals surface area contributed by atoms with Crippen LogP contribution in [0.3, 0.4) is 0 Å². The summed E-state index contributed by atoms with van der Waals surface area (Å²) in [7, 11) is 0. The highest BCUT2D eigenvalue weighted by Crippen LogP contribution is 2.31. The number of carbonyl (C=O) groups excluding carboxylic acids is 1. The highest BCUT2D eigenvalue weighted by molar-refractivity contribution is 6.59. The molecule has 0 bridgehead atoms. The fourth-order valence-corrected chi connectivity index (χ4v) is 2.27. The maximum absolute atomic E-state index is 11.1. The first kappa shape index (κ1) is 15.4. The fourth-order valence-electron chi connectivity index (χ4n) is 1.84. The number of hydrogen-bond donors (Lipinski definition) is 0. The predicted octanol–water partition coefficient (Wildman–Crippen LogP) is 4.97. The lowest BCUT2D eigenvalue weighted by atomic mass is 9.99. The highest BCUT2D eigenvalue weighted by Gasteiger charge is 2.10. The van der Waals surface area contributed by atoms with E-state index >= 15 is 0 Å². The quantitative estimate of drug-likeness (QED) is 0.452. The summed E-state index contributed by atoms with van der Waals surface area (Å²) in [6, 6.07) is 16.5. The van der Waals surface area contributed by atoms with Gasteiger partial charge in [-0.2, -0.15) is 0 Å². The zero-order valence-corrected chi connectivity index (χ0v) is 12.6. The molecule has 2 rings (SSSR count). The molecule has 2 nitrogen and oxygen atoms in total. The summed E-state index contributed by atoms with van der Waals surface area (Å²) in [5, 5.41) is 0. The van der Waals surface area contributed by atoms with Crippen LogP contribution >= 0.6 is 23.2 Å². The monoisotopic (exact) mass is 318 g/mol. The molecule has 0 atom stereocenters. The van der Waals surface area contributed by atoms with Crippen LogP contribution in [0.2, 0.25) is 0 Å². The van der Waals surface area contributed by atoms with Gasteiger partial charge >= 0.3 is 5.97 Å². The van der Waals surface area contributed by atoms with Crippen LogP contribution in [0.1, 0.15) is 11.1 Å². The van der Waals surface area contributed by atoms with Crippen LogP contribution in [0.5, 0.6) is 5.75 Å². The number of hydrogen-bond acceptors (Lipinski definition) is 2. The Morgan fingerprint density at radius 2 is 1.52 bits per heavy atom. The van der Waals surface area contributed by atoms with Gasteiger partial charge in [0.1, 0.15) is 10.2 Å². The molecule has 2 aromatic carbocycles. The standard InChI is InChI=1S/C17H12Cl2O2/c1-2-15(20)21-14-10-8-13(9-11-14)16(17(18)19)12-6-4-3-5-7-12/h2-11H,1H2. The highest BCUT2D eigenvalue weighted by atomic mass is 35.5. The molecule has 0 spiro atoms.